The Kier molecular flexibility index (Phi) is 34.7. The van der Waals surface area contributed by atoms with Crippen LogP contribution in [0, 0.1) is 0 Å². The van der Waals surface area contributed by atoms with Gasteiger partial charge in [0.2, 0.25) is 0 Å². The van der Waals surface area contributed by atoms with Crippen LogP contribution in [0.3, 0.4) is 0 Å². The topological polar surface area (TPSA) is 102 Å². The van der Waals surface area contributed by atoms with E-state index in [-0.39, 0.29) is 42.7 Å². The summed E-state index contributed by atoms with van der Waals surface area (Å²) in [5.41, 5.74) is 0. The normalized spacial score (nSPS) is 13.0. The highest BCUT2D eigenvalue weighted by atomic mass is 16.6. The Morgan fingerprint density at radius 3 is 1.44 bits per heavy atom. The maximum atomic E-state index is 12.7. The van der Waals surface area contributed by atoms with Crippen LogP contribution in [-0.2, 0) is 28.6 Å². The molecule has 0 radical (unpaired) electrons. The molecule has 0 bridgehead atoms. The first kappa shape index (κ1) is 50.1. The second kappa shape index (κ2) is 36.1. The summed E-state index contributed by atoms with van der Waals surface area (Å²) in [6, 6.07) is -0.722. The summed E-state index contributed by atoms with van der Waals surface area (Å²) in [4.78, 5) is 36.7. The molecule has 0 spiro atoms. The molecule has 0 aliphatic rings. The van der Waals surface area contributed by atoms with Crippen molar-refractivity contribution in [1.82, 2.24) is 0 Å². The quantitative estimate of drug-likeness (QED) is 0.0268. The van der Waals surface area contributed by atoms with Crippen molar-refractivity contribution in [3.63, 3.8) is 0 Å². The van der Waals surface area contributed by atoms with Crippen molar-refractivity contribution in [1.29, 1.82) is 0 Å². The van der Waals surface area contributed by atoms with Crippen LogP contribution >= 0.6 is 0 Å². The lowest BCUT2D eigenvalue weighted by Gasteiger charge is -2.34. The molecule has 0 aromatic rings. The van der Waals surface area contributed by atoms with Crippen molar-refractivity contribution >= 4 is 17.9 Å². The number of carboxylic acids is 1. The van der Waals surface area contributed by atoms with Gasteiger partial charge in [-0.05, 0) is 32.1 Å². The molecule has 0 amide bonds. The van der Waals surface area contributed by atoms with Crippen molar-refractivity contribution in [3.8, 4) is 0 Å². The first-order chi connectivity index (χ1) is 25.1. The maximum absolute atomic E-state index is 12.7. The smallest absolute Gasteiger partial charge is 0.306 e. The number of nitrogens with zero attached hydrogens (tertiary/aromatic N) is 1. The van der Waals surface area contributed by atoms with Gasteiger partial charge in [-0.25, -0.2) is 0 Å². The molecule has 8 heteroatoms. The third kappa shape index (κ3) is 33.9. The molecule has 0 saturated heterocycles. The second-order valence-electron chi connectivity index (χ2n) is 15.9. The first-order valence-corrected chi connectivity index (χ1v) is 21.7. The minimum absolute atomic E-state index is 0.0425. The van der Waals surface area contributed by atoms with Crippen LogP contribution in [0.25, 0.3) is 0 Å². The average molecular weight is 738 g/mol. The van der Waals surface area contributed by atoms with Crippen LogP contribution in [0.15, 0.2) is 12.2 Å². The third-order valence-electron chi connectivity index (χ3n) is 9.90. The Morgan fingerprint density at radius 1 is 0.558 bits per heavy atom. The molecule has 0 rings (SSSR count). The highest BCUT2D eigenvalue weighted by Crippen LogP contribution is 2.15. The Bertz CT molecular complexity index is 869. The molecule has 0 fully saturated rings. The summed E-state index contributed by atoms with van der Waals surface area (Å²) in [6.07, 6.45) is 36.6. The fourth-order valence-corrected chi connectivity index (χ4v) is 6.46. The van der Waals surface area contributed by atoms with Gasteiger partial charge in [-0.2, -0.15) is 0 Å². The van der Waals surface area contributed by atoms with Gasteiger partial charge in [0.05, 0.1) is 40.3 Å². The van der Waals surface area contributed by atoms with E-state index < -0.39 is 18.1 Å². The lowest BCUT2D eigenvalue weighted by molar-refractivity contribution is -0.889. The Balaban J connectivity index is 4.28. The molecule has 2 unspecified atom stereocenters. The largest absolute Gasteiger partial charge is 0.544 e. The molecular weight excluding hydrogens is 654 g/mol. The molecule has 0 aromatic heterocycles. The van der Waals surface area contributed by atoms with Crippen molar-refractivity contribution in [3.05, 3.63) is 12.2 Å². The van der Waals surface area contributed by atoms with Gasteiger partial charge in [-0.3, -0.25) is 9.59 Å². The van der Waals surface area contributed by atoms with E-state index in [2.05, 4.69) is 26.0 Å². The Morgan fingerprint density at radius 2 is 0.981 bits per heavy atom. The summed E-state index contributed by atoms with van der Waals surface area (Å²) < 4.78 is 17.1. The molecule has 0 aromatic carbocycles. The van der Waals surface area contributed by atoms with Gasteiger partial charge < -0.3 is 28.6 Å². The molecule has 0 saturated carbocycles. The molecule has 52 heavy (non-hydrogen) atoms. The number of carboxylic acid groups (broad SMARTS) is 1. The molecule has 0 heterocycles. The van der Waals surface area contributed by atoms with E-state index in [4.69, 9.17) is 14.2 Å². The van der Waals surface area contributed by atoms with Crippen molar-refractivity contribution in [2.24, 2.45) is 0 Å². The highest BCUT2D eigenvalue weighted by Gasteiger charge is 2.25. The van der Waals surface area contributed by atoms with Crippen LogP contribution in [-0.4, -0.2) is 75.5 Å². The van der Waals surface area contributed by atoms with Gasteiger partial charge in [0.1, 0.15) is 12.6 Å². The van der Waals surface area contributed by atoms with E-state index >= 15 is 0 Å². The van der Waals surface area contributed by atoms with Crippen LogP contribution in [0.4, 0.5) is 0 Å². The summed E-state index contributed by atoms with van der Waals surface area (Å²) in [7, 11) is 5.41. The predicted molar refractivity (Wildman–Crippen MR) is 213 cm³/mol. The van der Waals surface area contributed by atoms with E-state index in [0.717, 1.165) is 51.4 Å². The second-order valence-corrected chi connectivity index (χ2v) is 15.9. The van der Waals surface area contributed by atoms with Gasteiger partial charge in [-0.15, -0.1) is 0 Å². The van der Waals surface area contributed by atoms with E-state index in [0.29, 0.717) is 12.8 Å². The van der Waals surface area contributed by atoms with E-state index in [1.54, 1.807) is 21.1 Å². The summed E-state index contributed by atoms with van der Waals surface area (Å²) in [5, 5.41) is 11.6. The average Bonchev–Trinajstić information content (AvgIpc) is 3.09. The summed E-state index contributed by atoms with van der Waals surface area (Å²) in [5.74, 6) is -1.74. The molecule has 8 nitrogen and oxygen atoms in total. The van der Waals surface area contributed by atoms with Gasteiger partial charge in [0.25, 0.3) is 0 Å². The van der Waals surface area contributed by atoms with Gasteiger partial charge in [0.15, 0.2) is 6.10 Å². The van der Waals surface area contributed by atoms with Gasteiger partial charge >= 0.3 is 11.9 Å². The minimum atomic E-state index is -1.12. The number of hydrogen-bond acceptors (Lipinski definition) is 7. The zero-order valence-corrected chi connectivity index (χ0v) is 34.7. The Hall–Kier alpha value is -1.93. The SMILES string of the molecule is CCCC/C=C/CCCCCCCC(=O)OC(COCCC(C(=O)[O-])[N+](C)(C)C)COC(=O)CCCCCCCCCCCCCCCCCCC. The molecule has 2 atom stereocenters. The number of allylic oxidation sites excluding steroid dienone is 2. The van der Waals surface area contributed by atoms with Crippen molar-refractivity contribution in [2.45, 2.75) is 212 Å². The number of esters is 2. The van der Waals surface area contributed by atoms with Crippen LogP contribution in [0.5, 0.6) is 0 Å². The summed E-state index contributed by atoms with van der Waals surface area (Å²) in [6.45, 7) is 4.63. The number of aliphatic carboxylic acids is 1. The number of unbranched alkanes of at least 4 members (excludes halogenated alkanes) is 23. The molecule has 0 N–H and O–H groups in total. The number of hydrogen-bond donors (Lipinski definition) is 0. The zero-order chi connectivity index (χ0) is 38.5. The van der Waals surface area contributed by atoms with E-state index in [1.807, 2.05) is 0 Å². The van der Waals surface area contributed by atoms with Crippen molar-refractivity contribution < 1.29 is 38.2 Å². The zero-order valence-electron chi connectivity index (χ0n) is 34.7. The number of likely N-dealkylation sites (N-methyl/N-ethyl adjacent to an activating group) is 1. The molecular formula is C44H83NO7. The number of quaternary nitrogens is 1. The van der Waals surface area contributed by atoms with Gasteiger partial charge in [0, 0.05) is 19.3 Å². The molecule has 0 aliphatic carbocycles. The standard InChI is InChI=1S/C44H83NO7/c1-6-8-10-12-14-16-18-19-20-21-22-23-25-26-28-30-32-34-42(46)51-39-40(38-50-37-36-41(44(48)49)45(3,4)5)52-43(47)35-33-31-29-27-24-17-15-13-11-9-7-2/h13,15,40-41H,6-12,14,16-39H2,1-5H3/b15-13+. The van der Waals surface area contributed by atoms with Crippen molar-refractivity contribution in [2.75, 3.05) is 41.0 Å². The van der Waals surface area contributed by atoms with E-state index in [1.165, 1.54) is 116 Å². The number of carbonyl (C=O) groups excluding carboxylic acids is 3. The Labute approximate surface area is 320 Å². The maximum Gasteiger partial charge on any atom is 0.306 e. The predicted octanol–water partition coefficient (Wildman–Crippen LogP) is 10.2. The minimum Gasteiger partial charge on any atom is -0.544 e. The van der Waals surface area contributed by atoms with Crippen LogP contribution in [0.1, 0.15) is 200 Å². The highest BCUT2D eigenvalue weighted by molar-refractivity contribution is 5.70. The van der Waals surface area contributed by atoms with E-state index in [9.17, 15) is 19.5 Å². The monoisotopic (exact) mass is 738 g/mol. The number of carbonyl (C=O) groups is 3. The molecule has 0 aliphatic heterocycles. The first-order valence-electron chi connectivity index (χ1n) is 21.7. The van der Waals surface area contributed by atoms with Crippen LogP contribution < -0.4 is 5.11 Å². The molecule has 306 valence electrons. The third-order valence-corrected chi connectivity index (χ3v) is 9.90. The number of rotatable bonds is 39. The van der Waals surface area contributed by atoms with Gasteiger partial charge in [-0.1, -0.05) is 161 Å². The lowest BCUT2D eigenvalue weighted by Crippen LogP contribution is -2.55. The lowest BCUT2D eigenvalue weighted by atomic mass is 10.0. The fourth-order valence-electron chi connectivity index (χ4n) is 6.46. The number of ether oxygens (including phenoxy) is 3. The fraction of sp³-hybridized carbons (Fsp3) is 0.886. The van der Waals surface area contributed by atoms with Crippen LogP contribution in [0.2, 0.25) is 0 Å². The summed E-state index contributed by atoms with van der Waals surface area (Å²) >= 11 is 0.